The molecule has 3 aromatic rings. The molecule has 0 spiro atoms. The number of hydrogen-bond acceptors (Lipinski definition) is 7. The number of nitrogens with one attached hydrogen (secondary N) is 2. The van der Waals surface area contributed by atoms with E-state index in [-0.39, 0.29) is 5.95 Å². The molecular weight excluding hydrogens is 354 g/mol. The first-order valence-electron chi connectivity index (χ1n) is 7.78. The van der Waals surface area contributed by atoms with Gasteiger partial charge in [-0.1, -0.05) is 35.9 Å². The predicted molar refractivity (Wildman–Crippen MR) is 99.7 cm³/mol. The summed E-state index contributed by atoms with van der Waals surface area (Å²) in [5, 5.41) is 14.7. The summed E-state index contributed by atoms with van der Waals surface area (Å²) in [6.45, 7) is 0.564. The lowest BCUT2D eigenvalue weighted by atomic mass is 10.2. The highest BCUT2D eigenvalue weighted by molar-refractivity contribution is 6.30. The Balaban J connectivity index is 1.72. The average Bonchev–Trinajstić information content (AvgIpc) is 2.68. The molecule has 7 nitrogen and oxygen atoms in total. The van der Waals surface area contributed by atoms with Gasteiger partial charge in [-0.2, -0.15) is 10.1 Å². The number of anilines is 3. The Morgan fingerprint density at radius 1 is 1.15 bits per heavy atom. The number of carbonyl (C=O) groups is 1. The van der Waals surface area contributed by atoms with Gasteiger partial charge in [0.15, 0.2) is 5.82 Å². The molecule has 0 saturated heterocycles. The lowest BCUT2D eigenvalue weighted by Gasteiger charge is -2.10. The van der Waals surface area contributed by atoms with E-state index in [1.807, 2.05) is 24.3 Å². The van der Waals surface area contributed by atoms with Crippen molar-refractivity contribution in [2.45, 2.75) is 6.54 Å². The van der Waals surface area contributed by atoms with Crippen molar-refractivity contribution < 1.29 is 9.53 Å². The van der Waals surface area contributed by atoms with Crippen LogP contribution in [-0.2, 0) is 11.3 Å². The third-order valence-electron chi connectivity index (χ3n) is 3.52. The van der Waals surface area contributed by atoms with Crippen LogP contribution in [0.4, 0.5) is 17.5 Å². The van der Waals surface area contributed by atoms with Crippen molar-refractivity contribution in [2.75, 3.05) is 17.7 Å². The second-order valence-electron chi connectivity index (χ2n) is 5.31. The number of carbonyl (C=O) groups excluding carboxylic acids is 1. The normalized spacial score (nSPS) is 10.2. The highest BCUT2D eigenvalue weighted by atomic mass is 35.5. The monoisotopic (exact) mass is 369 g/mol. The molecule has 8 heteroatoms. The van der Waals surface area contributed by atoms with Crippen LogP contribution in [0.5, 0.6) is 0 Å². The Morgan fingerprint density at radius 3 is 2.69 bits per heavy atom. The third-order valence-corrected chi connectivity index (χ3v) is 3.78. The largest absolute Gasteiger partial charge is 0.465 e. The first kappa shape index (κ1) is 17.6. The molecule has 26 heavy (non-hydrogen) atoms. The predicted octanol–water partition coefficient (Wildman–Crippen LogP) is 3.67. The van der Waals surface area contributed by atoms with Crippen LogP contribution in [0.15, 0.2) is 54.7 Å². The van der Waals surface area contributed by atoms with Crippen LogP contribution in [0.1, 0.15) is 15.9 Å². The summed E-state index contributed by atoms with van der Waals surface area (Å²) in [5.74, 6) is 0.369. The molecular formula is C18H16ClN5O2. The number of hydrogen-bond donors (Lipinski definition) is 2. The molecule has 0 atom stereocenters. The minimum atomic E-state index is -0.446. The summed E-state index contributed by atoms with van der Waals surface area (Å²) >= 11 is 5.88. The molecule has 2 aromatic carbocycles. The molecule has 0 saturated carbocycles. The molecule has 0 aliphatic carbocycles. The molecule has 0 unspecified atom stereocenters. The molecule has 1 heterocycles. The standard InChI is InChI=1S/C18H16ClN5O2/c1-26-17(25)14-4-2-3-5-15(14)22-18-23-16(11-21-24-18)20-10-12-6-8-13(19)9-7-12/h2-9,11H,10H2,1H3,(H2,20,22,23,24). The molecule has 0 fully saturated rings. The molecule has 0 amide bonds. The number of halogens is 1. The van der Waals surface area contributed by atoms with E-state index in [9.17, 15) is 4.79 Å². The summed E-state index contributed by atoms with van der Waals surface area (Å²) < 4.78 is 4.78. The number of ether oxygens (including phenoxy) is 1. The lowest BCUT2D eigenvalue weighted by Crippen LogP contribution is -2.09. The molecule has 0 radical (unpaired) electrons. The summed E-state index contributed by atoms with van der Waals surface area (Å²) in [7, 11) is 1.33. The van der Waals surface area contributed by atoms with E-state index in [1.165, 1.54) is 13.3 Å². The number of rotatable bonds is 6. The fourth-order valence-corrected chi connectivity index (χ4v) is 2.36. The Kier molecular flexibility index (Phi) is 5.60. The molecule has 1 aromatic heterocycles. The first-order valence-corrected chi connectivity index (χ1v) is 8.16. The van der Waals surface area contributed by atoms with E-state index in [4.69, 9.17) is 16.3 Å². The maximum Gasteiger partial charge on any atom is 0.339 e. The first-order chi connectivity index (χ1) is 12.7. The lowest BCUT2D eigenvalue weighted by molar-refractivity contribution is 0.0602. The van der Waals surface area contributed by atoms with E-state index in [0.717, 1.165) is 5.56 Å². The van der Waals surface area contributed by atoms with Crippen molar-refractivity contribution in [1.29, 1.82) is 0 Å². The van der Waals surface area contributed by atoms with Crippen molar-refractivity contribution in [1.82, 2.24) is 15.2 Å². The second-order valence-corrected chi connectivity index (χ2v) is 5.74. The zero-order chi connectivity index (χ0) is 18.4. The smallest absolute Gasteiger partial charge is 0.339 e. The Labute approximate surface area is 155 Å². The van der Waals surface area contributed by atoms with Crippen LogP contribution in [-0.4, -0.2) is 28.3 Å². The van der Waals surface area contributed by atoms with Crippen molar-refractivity contribution in [3.63, 3.8) is 0 Å². The van der Waals surface area contributed by atoms with E-state index < -0.39 is 5.97 Å². The quantitative estimate of drug-likeness (QED) is 0.641. The minimum Gasteiger partial charge on any atom is -0.465 e. The van der Waals surface area contributed by atoms with Gasteiger partial charge >= 0.3 is 5.97 Å². The van der Waals surface area contributed by atoms with Gasteiger partial charge in [-0.05, 0) is 29.8 Å². The molecule has 0 aliphatic heterocycles. The third kappa shape index (κ3) is 4.46. The van der Waals surface area contributed by atoms with Crippen LogP contribution in [0, 0.1) is 0 Å². The Morgan fingerprint density at radius 2 is 1.92 bits per heavy atom. The van der Waals surface area contributed by atoms with Gasteiger partial charge in [0.05, 0.1) is 24.6 Å². The summed E-state index contributed by atoms with van der Waals surface area (Å²) in [4.78, 5) is 16.2. The highest BCUT2D eigenvalue weighted by Crippen LogP contribution is 2.20. The summed E-state index contributed by atoms with van der Waals surface area (Å²) in [5.41, 5.74) is 1.98. The van der Waals surface area contributed by atoms with Crippen LogP contribution >= 0.6 is 11.6 Å². The molecule has 2 N–H and O–H groups in total. The molecule has 132 valence electrons. The van der Waals surface area contributed by atoms with E-state index >= 15 is 0 Å². The van der Waals surface area contributed by atoms with E-state index in [1.54, 1.807) is 24.3 Å². The zero-order valence-corrected chi connectivity index (χ0v) is 14.7. The van der Waals surface area contributed by atoms with Crippen LogP contribution in [0.2, 0.25) is 5.02 Å². The summed E-state index contributed by atoms with van der Waals surface area (Å²) in [6.07, 6.45) is 1.52. The van der Waals surface area contributed by atoms with Gasteiger partial charge in [-0.25, -0.2) is 4.79 Å². The SMILES string of the molecule is COC(=O)c1ccccc1Nc1nncc(NCc2ccc(Cl)cc2)n1. The number of para-hydroxylation sites is 1. The maximum absolute atomic E-state index is 11.8. The average molecular weight is 370 g/mol. The molecule has 3 rings (SSSR count). The van der Waals surface area contributed by atoms with Crippen molar-refractivity contribution in [3.05, 3.63) is 70.9 Å². The fraction of sp³-hybridized carbons (Fsp3) is 0.111. The molecule has 0 aliphatic rings. The number of esters is 1. The molecule has 0 bridgehead atoms. The zero-order valence-electron chi connectivity index (χ0n) is 13.9. The maximum atomic E-state index is 11.8. The second kappa shape index (κ2) is 8.26. The number of aromatic nitrogens is 3. The van der Waals surface area contributed by atoms with Gasteiger partial charge < -0.3 is 15.4 Å². The van der Waals surface area contributed by atoms with Gasteiger partial charge in [0.2, 0.25) is 5.95 Å². The minimum absolute atomic E-state index is 0.266. The highest BCUT2D eigenvalue weighted by Gasteiger charge is 2.12. The topological polar surface area (TPSA) is 89.0 Å². The number of methoxy groups -OCH3 is 1. The summed E-state index contributed by atoms with van der Waals surface area (Å²) in [6, 6.07) is 14.5. The van der Waals surface area contributed by atoms with Crippen LogP contribution in [0.25, 0.3) is 0 Å². The number of benzene rings is 2. The van der Waals surface area contributed by atoms with Gasteiger partial charge in [0.25, 0.3) is 0 Å². The van der Waals surface area contributed by atoms with Gasteiger partial charge in [0, 0.05) is 11.6 Å². The van der Waals surface area contributed by atoms with E-state index in [2.05, 4.69) is 25.8 Å². The Bertz CT molecular complexity index is 902. The van der Waals surface area contributed by atoms with Crippen molar-refractivity contribution in [2.24, 2.45) is 0 Å². The fourth-order valence-electron chi connectivity index (χ4n) is 2.24. The Hall–Kier alpha value is -3.19. The van der Waals surface area contributed by atoms with Crippen molar-refractivity contribution >= 4 is 35.0 Å². The van der Waals surface area contributed by atoms with Crippen molar-refractivity contribution in [3.8, 4) is 0 Å². The van der Waals surface area contributed by atoms with Crippen LogP contribution in [0.3, 0.4) is 0 Å². The number of nitrogens with zero attached hydrogens (tertiary/aromatic N) is 3. The van der Waals surface area contributed by atoms with Gasteiger partial charge in [-0.3, -0.25) is 0 Å². The van der Waals surface area contributed by atoms with Crippen LogP contribution < -0.4 is 10.6 Å². The van der Waals surface area contributed by atoms with Gasteiger partial charge in [0.1, 0.15) is 0 Å². The van der Waals surface area contributed by atoms with E-state index in [0.29, 0.717) is 28.6 Å². The van der Waals surface area contributed by atoms with Gasteiger partial charge in [-0.15, -0.1) is 5.10 Å².